The lowest BCUT2D eigenvalue weighted by Crippen LogP contribution is -1.96. The minimum Gasteiger partial charge on any atom is -0.464 e. The highest BCUT2D eigenvalue weighted by molar-refractivity contribution is 7.98. The molecule has 0 fully saturated rings. The van der Waals surface area contributed by atoms with Gasteiger partial charge in [0, 0.05) is 35.2 Å². The molecular weight excluding hydrogens is 304 g/mol. The summed E-state index contributed by atoms with van der Waals surface area (Å²) in [6.07, 6.45) is 4.94. The average molecular weight is 316 g/mol. The first-order valence-corrected chi connectivity index (χ1v) is 8.03. The van der Waals surface area contributed by atoms with Gasteiger partial charge in [0.25, 0.3) is 5.19 Å². The van der Waals surface area contributed by atoms with Crippen LogP contribution in [0.1, 0.15) is 11.1 Å². The summed E-state index contributed by atoms with van der Waals surface area (Å²) in [4.78, 5) is 12.2. The van der Waals surface area contributed by atoms with Crippen LogP contribution in [0.2, 0.25) is 0 Å². The summed E-state index contributed by atoms with van der Waals surface area (Å²) < 4.78 is 9.86. The smallest absolute Gasteiger partial charge is 0.294 e. The van der Waals surface area contributed by atoms with Crippen molar-refractivity contribution in [3.05, 3.63) is 60.2 Å². The Balaban J connectivity index is 1.52. The first-order valence-electron chi connectivity index (χ1n) is 6.27. The molecule has 0 aliphatic heterocycles. The van der Waals surface area contributed by atoms with E-state index in [0.29, 0.717) is 11.8 Å². The molecule has 106 valence electrons. The monoisotopic (exact) mass is 316 g/mol. The second kappa shape index (κ2) is 7.14. The van der Waals surface area contributed by atoms with Crippen LogP contribution in [0.25, 0.3) is 0 Å². The number of nitrogens with zero attached hydrogens (tertiary/aromatic N) is 4. The minimum atomic E-state index is 0.402. The van der Waals surface area contributed by atoms with Crippen molar-refractivity contribution in [3.63, 3.8) is 0 Å². The van der Waals surface area contributed by atoms with Crippen LogP contribution in [0.4, 0.5) is 0 Å². The van der Waals surface area contributed by atoms with Crippen molar-refractivity contribution in [2.75, 3.05) is 0 Å². The van der Waals surface area contributed by atoms with Crippen molar-refractivity contribution >= 4 is 23.3 Å². The quantitative estimate of drug-likeness (QED) is 0.651. The maximum Gasteiger partial charge on any atom is 0.294 e. The normalized spacial score (nSPS) is 10.5. The topological polar surface area (TPSA) is 60.8 Å². The third kappa shape index (κ3) is 4.24. The summed E-state index contributed by atoms with van der Waals surface area (Å²) in [5, 5.41) is 1.30. The Kier molecular flexibility index (Phi) is 4.75. The summed E-state index contributed by atoms with van der Waals surface area (Å²) in [5.74, 6) is 0.851. The predicted octanol–water partition coefficient (Wildman–Crippen LogP) is 3.20. The van der Waals surface area contributed by atoms with Gasteiger partial charge < -0.3 is 4.74 Å². The fourth-order valence-corrected chi connectivity index (χ4v) is 3.04. The summed E-state index contributed by atoms with van der Waals surface area (Å²) in [6, 6.07) is 10.2. The van der Waals surface area contributed by atoms with E-state index in [-0.39, 0.29) is 0 Å². The molecule has 0 unspecified atom stereocenters. The molecule has 0 saturated carbocycles. The van der Waals surface area contributed by atoms with Gasteiger partial charge in [0.15, 0.2) is 0 Å². The van der Waals surface area contributed by atoms with E-state index in [1.165, 1.54) is 23.4 Å². The zero-order valence-corrected chi connectivity index (χ0v) is 12.7. The van der Waals surface area contributed by atoms with Gasteiger partial charge in [0.2, 0.25) is 5.16 Å². The lowest BCUT2D eigenvalue weighted by atomic mass is 10.2. The molecule has 0 bridgehead atoms. The Bertz CT molecular complexity index is 618. The van der Waals surface area contributed by atoms with Crippen molar-refractivity contribution in [2.24, 2.45) is 0 Å². The molecule has 0 radical (unpaired) electrons. The zero-order valence-electron chi connectivity index (χ0n) is 11.0. The maximum absolute atomic E-state index is 5.58. The summed E-state index contributed by atoms with van der Waals surface area (Å²) in [6.45, 7) is 0.402. The van der Waals surface area contributed by atoms with E-state index < -0.39 is 0 Å². The average Bonchev–Trinajstić information content (AvgIpc) is 3.01. The molecule has 0 atom stereocenters. The van der Waals surface area contributed by atoms with Crippen molar-refractivity contribution < 1.29 is 4.74 Å². The van der Waals surface area contributed by atoms with Gasteiger partial charge in [0.1, 0.15) is 12.9 Å². The number of hydrogen-bond acceptors (Lipinski definition) is 7. The van der Waals surface area contributed by atoms with Crippen molar-refractivity contribution in [3.8, 4) is 5.19 Å². The number of thioether (sulfide) groups is 1. The standard InChI is InChI=1S/C14H12N4OS2/c1-2-4-11(5-3-1)9-20-13-17-14(21-18-13)19-8-12-6-15-10-16-7-12/h1-7,10H,8-9H2. The SMILES string of the molecule is c1ccc(CSc2nsc(OCc3cncnc3)n2)cc1. The van der Waals surface area contributed by atoms with Crippen LogP contribution in [0.3, 0.4) is 0 Å². The maximum atomic E-state index is 5.58. The summed E-state index contributed by atoms with van der Waals surface area (Å²) in [7, 11) is 0. The first kappa shape index (κ1) is 14.0. The Morgan fingerprint density at radius 1 is 1.05 bits per heavy atom. The van der Waals surface area contributed by atoms with Gasteiger partial charge in [-0.1, -0.05) is 42.1 Å². The molecular formula is C14H12N4OS2. The fourth-order valence-electron chi connectivity index (χ4n) is 1.59. The number of hydrogen-bond donors (Lipinski definition) is 0. The van der Waals surface area contributed by atoms with Crippen molar-refractivity contribution in [1.82, 2.24) is 19.3 Å². The highest BCUT2D eigenvalue weighted by Gasteiger charge is 2.06. The molecule has 5 nitrogen and oxygen atoms in total. The molecule has 21 heavy (non-hydrogen) atoms. The van der Waals surface area contributed by atoms with Gasteiger partial charge in [-0.3, -0.25) is 0 Å². The van der Waals surface area contributed by atoms with E-state index in [1.54, 1.807) is 24.2 Å². The van der Waals surface area contributed by atoms with Gasteiger partial charge in [-0.2, -0.15) is 9.36 Å². The molecule has 3 aromatic rings. The van der Waals surface area contributed by atoms with E-state index >= 15 is 0 Å². The van der Waals surface area contributed by atoms with Gasteiger partial charge in [-0.25, -0.2) is 9.97 Å². The van der Waals surface area contributed by atoms with Crippen LogP contribution in [-0.2, 0) is 12.4 Å². The zero-order chi connectivity index (χ0) is 14.3. The van der Waals surface area contributed by atoms with Gasteiger partial charge >= 0.3 is 0 Å². The van der Waals surface area contributed by atoms with Gasteiger partial charge in [-0.15, -0.1) is 0 Å². The van der Waals surface area contributed by atoms with E-state index in [1.807, 2.05) is 18.2 Å². The second-order valence-electron chi connectivity index (χ2n) is 4.15. The largest absolute Gasteiger partial charge is 0.464 e. The number of benzene rings is 1. The number of rotatable bonds is 6. The van der Waals surface area contributed by atoms with E-state index in [4.69, 9.17) is 4.74 Å². The molecule has 0 N–H and O–H groups in total. The Morgan fingerprint density at radius 2 is 1.86 bits per heavy atom. The molecule has 1 aromatic carbocycles. The lowest BCUT2D eigenvalue weighted by Gasteiger charge is -2.00. The third-order valence-corrected chi connectivity index (χ3v) is 4.24. The highest BCUT2D eigenvalue weighted by atomic mass is 32.2. The molecule has 7 heteroatoms. The van der Waals surface area contributed by atoms with Gasteiger partial charge in [-0.05, 0) is 5.56 Å². The molecule has 3 rings (SSSR count). The minimum absolute atomic E-state index is 0.402. The van der Waals surface area contributed by atoms with Crippen molar-refractivity contribution in [2.45, 2.75) is 17.5 Å². The molecule has 0 amide bonds. The molecule has 2 heterocycles. The molecule has 0 saturated heterocycles. The van der Waals surface area contributed by atoms with Crippen LogP contribution in [0.15, 0.2) is 54.2 Å². The van der Waals surface area contributed by atoms with E-state index in [9.17, 15) is 0 Å². The van der Waals surface area contributed by atoms with Crippen LogP contribution >= 0.6 is 23.3 Å². The number of ether oxygens (including phenoxy) is 1. The lowest BCUT2D eigenvalue weighted by molar-refractivity contribution is 0.302. The Labute approximate surface area is 130 Å². The molecule has 0 aliphatic carbocycles. The van der Waals surface area contributed by atoms with E-state index in [0.717, 1.165) is 16.5 Å². The molecule has 0 spiro atoms. The van der Waals surface area contributed by atoms with Crippen molar-refractivity contribution in [1.29, 1.82) is 0 Å². The Hall–Kier alpha value is -1.99. The van der Waals surface area contributed by atoms with Crippen LogP contribution < -0.4 is 4.74 Å². The van der Waals surface area contributed by atoms with Crippen LogP contribution in [0.5, 0.6) is 5.19 Å². The highest BCUT2D eigenvalue weighted by Crippen LogP contribution is 2.25. The number of aromatic nitrogens is 4. The van der Waals surface area contributed by atoms with Crippen LogP contribution in [-0.4, -0.2) is 19.3 Å². The second-order valence-corrected chi connectivity index (χ2v) is 5.81. The molecule has 0 aliphatic rings. The third-order valence-electron chi connectivity index (χ3n) is 2.58. The van der Waals surface area contributed by atoms with Gasteiger partial charge in [0.05, 0.1) is 0 Å². The summed E-state index contributed by atoms with van der Waals surface area (Å²) >= 11 is 2.86. The summed E-state index contributed by atoms with van der Waals surface area (Å²) in [5.41, 5.74) is 2.16. The first-order chi connectivity index (χ1) is 10.4. The predicted molar refractivity (Wildman–Crippen MR) is 82.3 cm³/mol. The molecule has 2 aromatic heterocycles. The van der Waals surface area contributed by atoms with Crippen LogP contribution in [0, 0.1) is 0 Å². The fraction of sp³-hybridized carbons (Fsp3) is 0.143. The van der Waals surface area contributed by atoms with E-state index in [2.05, 4.69) is 31.5 Å². The Morgan fingerprint density at radius 3 is 2.67 bits per heavy atom.